The van der Waals surface area contributed by atoms with E-state index in [1.165, 1.54) is 4.90 Å². The quantitative estimate of drug-likeness (QED) is 0.361. The number of H-pyrrole nitrogens is 1. The minimum atomic E-state index is -0.961. The van der Waals surface area contributed by atoms with Crippen LogP contribution in [0.3, 0.4) is 0 Å². The zero-order valence-corrected chi connectivity index (χ0v) is 19.3. The van der Waals surface area contributed by atoms with Gasteiger partial charge in [0.05, 0.1) is 7.98 Å². The van der Waals surface area contributed by atoms with Crippen molar-refractivity contribution in [1.82, 2.24) is 15.1 Å². The Bertz CT molecular complexity index is 1040. The molecule has 2 aromatic rings. The predicted octanol–water partition coefficient (Wildman–Crippen LogP) is 4.64. The molecule has 0 radical (unpaired) electrons. The Balaban J connectivity index is 1.64. The fourth-order valence-electron chi connectivity index (χ4n) is 3.26. The number of nitrogens with one attached hydrogen (secondary N) is 1. The molecule has 1 aliphatic carbocycles. The van der Waals surface area contributed by atoms with Crippen LogP contribution >= 0.6 is 0 Å². The van der Waals surface area contributed by atoms with Crippen LogP contribution in [-0.2, 0) is 11.3 Å². The first kappa shape index (κ1) is 22.9. The van der Waals surface area contributed by atoms with Crippen molar-refractivity contribution < 1.29 is 20.8 Å². The summed E-state index contributed by atoms with van der Waals surface area (Å²) in [5.41, 5.74) is 1.46. The number of aromatic amines is 1. The summed E-state index contributed by atoms with van der Waals surface area (Å²) in [7, 11) is 0. The maximum absolute atomic E-state index is 13.3. The molecule has 1 aromatic carbocycles. The van der Waals surface area contributed by atoms with Crippen molar-refractivity contribution in [2.75, 3.05) is 6.61 Å². The zero-order chi connectivity index (χ0) is 24.5. The molecule has 2 N–H and O–H groups in total. The van der Waals surface area contributed by atoms with Gasteiger partial charge in [-0.05, 0) is 51.5 Å². The molecule has 0 spiro atoms. The van der Waals surface area contributed by atoms with E-state index in [0.717, 1.165) is 32.1 Å². The lowest BCUT2D eigenvalue weighted by atomic mass is 10.1. The zero-order valence-electron chi connectivity index (χ0n) is 20.3. The number of rotatable bonds is 12. The molecule has 0 bridgehead atoms. The number of aliphatic carboxylic acids is 1. The largest absolute Gasteiger partial charge is 0.493 e. The molecule has 1 saturated carbocycles. The maximum Gasteiger partial charge on any atom is 0.303 e. The third-order valence-corrected chi connectivity index (χ3v) is 5.32. The normalized spacial score (nSPS) is 14.2. The smallest absolute Gasteiger partial charge is 0.303 e. The van der Waals surface area contributed by atoms with Gasteiger partial charge in [0.1, 0.15) is 11.4 Å². The van der Waals surface area contributed by atoms with E-state index < -0.39 is 12.5 Å². The molecule has 1 amide bonds. The van der Waals surface area contributed by atoms with E-state index in [-0.39, 0.29) is 24.1 Å². The van der Waals surface area contributed by atoms with Crippen LogP contribution in [0.4, 0.5) is 0 Å². The van der Waals surface area contributed by atoms with Crippen molar-refractivity contribution >= 4 is 11.9 Å². The van der Waals surface area contributed by atoms with E-state index in [4.69, 9.17) is 11.2 Å². The molecule has 176 valence electrons. The van der Waals surface area contributed by atoms with E-state index in [9.17, 15) is 9.59 Å². The van der Waals surface area contributed by atoms with E-state index in [2.05, 4.69) is 22.0 Å². The molecule has 1 fully saturated rings. The Morgan fingerprint density at radius 1 is 1.27 bits per heavy atom. The number of carboxylic acid groups (broad SMARTS) is 1. The minimum Gasteiger partial charge on any atom is -0.493 e. The molecule has 1 aliphatic rings. The number of aromatic nitrogens is 2. The Morgan fingerprint density at radius 3 is 2.76 bits per heavy atom. The number of unbranched alkanes of at least 4 members (excludes halogenated alkanes) is 3. The number of ether oxygens (including phenoxy) is 1. The average molecular weight is 453 g/mol. The summed E-state index contributed by atoms with van der Waals surface area (Å²) in [6.45, 7) is 3.26. The maximum atomic E-state index is 13.3. The molecular weight excluding hydrogens is 418 g/mol. The van der Waals surface area contributed by atoms with Crippen LogP contribution in [-0.4, -0.2) is 44.7 Å². The van der Waals surface area contributed by atoms with Gasteiger partial charge in [-0.2, -0.15) is 5.10 Å². The van der Waals surface area contributed by atoms with Gasteiger partial charge in [0, 0.05) is 36.5 Å². The molecular formula is C26H33N3O4. The second-order valence-electron chi connectivity index (χ2n) is 8.59. The first-order valence-corrected chi connectivity index (χ1v) is 11.6. The Labute approximate surface area is 196 Å². The van der Waals surface area contributed by atoms with Crippen molar-refractivity contribution in [3.8, 4) is 17.6 Å². The SMILES string of the molecule is [2H]C(c1ccccc1OCCCCCCC(=O)O)N(C(=O)c1cc(C#CC2CC2)[nH]n1)C(C)C. The summed E-state index contributed by atoms with van der Waals surface area (Å²) in [5, 5.41) is 15.7. The lowest BCUT2D eigenvalue weighted by Crippen LogP contribution is -2.36. The number of amides is 1. The summed E-state index contributed by atoms with van der Waals surface area (Å²) < 4.78 is 14.8. The first-order valence-electron chi connectivity index (χ1n) is 12.2. The fourth-order valence-corrected chi connectivity index (χ4v) is 3.26. The number of nitrogens with zero attached hydrogens (tertiary/aromatic N) is 2. The number of hydrogen-bond acceptors (Lipinski definition) is 4. The minimum absolute atomic E-state index is 0.188. The molecule has 1 atom stereocenters. The Morgan fingerprint density at radius 2 is 2.03 bits per heavy atom. The second-order valence-corrected chi connectivity index (χ2v) is 8.59. The van der Waals surface area contributed by atoms with Gasteiger partial charge in [-0.25, -0.2) is 0 Å². The van der Waals surface area contributed by atoms with Crippen LogP contribution in [0.5, 0.6) is 5.75 Å². The predicted molar refractivity (Wildman–Crippen MR) is 126 cm³/mol. The molecule has 3 rings (SSSR count). The molecule has 1 aromatic heterocycles. The number of carbonyl (C=O) groups excluding carboxylic acids is 1. The van der Waals surface area contributed by atoms with E-state index >= 15 is 0 Å². The molecule has 0 saturated heterocycles. The van der Waals surface area contributed by atoms with Crippen molar-refractivity contribution in [3.63, 3.8) is 0 Å². The molecule has 7 heteroatoms. The monoisotopic (exact) mass is 452 g/mol. The first-order chi connectivity index (χ1) is 16.4. The highest BCUT2D eigenvalue weighted by molar-refractivity contribution is 5.92. The molecule has 1 heterocycles. The molecule has 7 nitrogen and oxygen atoms in total. The number of benzene rings is 1. The van der Waals surface area contributed by atoms with Crippen molar-refractivity contribution in [2.24, 2.45) is 5.92 Å². The molecule has 33 heavy (non-hydrogen) atoms. The van der Waals surface area contributed by atoms with E-state index in [1.807, 2.05) is 32.0 Å². The lowest BCUT2D eigenvalue weighted by molar-refractivity contribution is -0.137. The van der Waals surface area contributed by atoms with Gasteiger partial charge in [-0.3, -0.25) is 14.7 Å². The van der Waals surface area contributed by atoms with Crippen LogP contribution in [0.1, 0.15) is 81.9 Å². The van der Waals surface area contributed by atoms with Gasteiger partial charge < -0.3 is 14.7 Å². The second kappa shape index (κ2) is 12.1. The number of para-hydroxylation sites is 1. The average Bonchev–Trinajstić information content (AvgIpc) is 3.51. The standard InChI is InChI=1S/C26H33N3O4/c1-19(2)29(26(32)23-17-22(27-28-23)15-14-20-12-13-20)18-21-9-6-7-10-24(21)33-16-8-4-3-5-11-25(30)31/h6-7,9-10,17,19-20H,3-5,8,11-13,16,18H2,1-2H3,(H,27,28)(H,30,31)/i18D. The van der Waals surface area contributed by atoms with E-state index in [1.54, 1.807) is 12.1 Å². The van der Waals surface area contributed by atoms with Crippen molar-refractivity contribution in [2.45, 2.75) is 71.4 Å². The van der Waals surface area contributed by atoms with Gasteiger partial charge in [0.15, 0.2) is 5.69 Å². The highest BCUT2D eigenvalue weighted by atomic mass is 16.5. The van der Waals surface area contributed by atoms with Crippen LogP contribution < -0.4 is 4.74 Å². The molecule has 0 aliphatic heterocycles. The number of hydrogen-bond donors (Lipinski definition) is 2. The Kier molecular flexibility index (Phi) is 8.40. The topological polar surface area (TPSA) is 95.5 Å². The summed E-state index contributed by atoms with van der Waals surface area (Å²) in [6.07, 6.45) is 5.61. The third kappa shape index (κ3) is 7.98. The highest BCUT2D eigenvalue weighted by Crippen LogP contribution is 2.27. The summed E-state index contributed by atoms with van der Waals surface area (Å²) in [4.78, 5) is 25.4. The third-order valence-electron chi connectivity index (χ3n) is 5.32. The summed E-state index contributed by atoms with van der Waals surface area (Å²) in [5.74, 6) is 6.10. The van der Waals surface area contributed by atoms with Crippen LogP contribution in [0.15, 0.2) is 30.3 Å². The van der Waals surface area contributed by atoms with Crippen molar-refractivity contribution in [3.05, 3.63) is 47.3 Å². The van der Waals surface area contributed by atoms with Gasteiger partial charge in [0.2, 0.25) is 0 Å². The van der Waals surface area contributed by atoms with Gasteiger partial charge >= 0.3 is 5.97 Å². The lowest BCUT2D eigenvalue weighted by Gasteiger charge is -2.27. The summed E-state index contributed by atoms with van der Waals surface area (Å²) >= 11 is 0. The fraction of sp³-hybridized carbons (Fsp3) is 0.500. The Hall–Kier alpha value is -3.27. The van der Waals surface area contributed by atoms with Gasteiger partial charge in [-0.1, -0.05) is 37.0 Å². The highest BCUT2D eigenvalue weighted by Gasteiger charge is 2.23. The van der Waals surface area contributed by atoms with Crippen molar-refractivity contribution in [1.29, 1.82) is 0 Å². The molecule has 1 unspecified atom stereocenters. The van der Waals surface area contributed by atoms with Crippen LogP contribution in [0.2, 0.25) is 0 Å². The number of carboxylic acids is 1. The van der Waals surface area contributed by atoms with Crippen LogP contribution in [0, 0.1) is 17.8 Å². The van der Waals surface area contributed by atoms with Gasteiger partial charge in [0.25, 0.3) is 5.91 Å². The van der Waals surface area contributed by atoms with Gasteiger partial charge in [-0.15, -0.1) is 0 Å². The summed E-state index contributed by atoms with van der Waals surface area (Å²) in [6, 6.07) is 8.71. The van der Waals surface area contributed by atoms with Crippen LogP contribution in [0.25, 0.3) is 0 Å². The number of carbonyl (C=O) groups is 2. The van der Waals surface area contributed by atoms with E-state index in [0.29, 0.717) is 36.0 Å².